The van der Waals surface area contributed by atoms with E-state index >= 15 is 0 Å². The number of Topliss-reactive ketones (excluding diaryl/α,β-unsaturated/α-hetero) is 1. The molecule has 0 saturated carbocycles. The highest BCUT2D eigenvalue weighted by Gasteiger charge is 2.32. The molecule has 174 valence electrons. The minimum Gasteiger partial charge on any atom is -0.439 e. The molecule has 0 saturated heterocycles. The molecule has 6 nitrogen and oxygen atoms in total. The van der Waals surface area contributed by atoms with Crippen molar-refractivity contribution in [2.45, 2.75) is 25.9 Å². The molecule has 33 heavy (non-hydrogen) atoms. The van der Waals surface area contributed by atoms with Crippen molar-refractivity contribution < 1.29 is 27.4 Å². The zero-order valence-electron chi connectivity index (χ0n) is 18.3. The van der Waals surface area contributed by atoms with Gasteiger partial charge in [-0.05, 0) is 41.8 Å². The van der Waals surface area contributed by atoms with E-state index in [1.165, 1.54) is 19.3 Å². The third-order valence-corrected chi connectivity index (χ3v) is 4.81. The number of ketones is 1. The number of benzene rings is 2. The summed E-state index contributed by atoms with van der Waals surface area (Å²) in [6.07, 6.45) is -3.02. The van der Waals surface area contributed by atoms with Crippen LogP contribution >= 0.6 is 0 Å². The smallest absolute Gasteiger partial charge is 0.416 e. The van der Waals surface area contributed by atoms with Crippen LogP contribution in [0.25, 0.3) is 0 Å². The number of carbonyl (C=O) groups is 1. The van der Waals surface area contributed by atoms with Crippen molar-refractivity contribution in [1.29, 1.82) is 0 Å². The molecule has 0 aliphatic carbocycles. The number of ether oxygens (including phenoxy) is 2. The predicted octanol–water partition coefficient (Wildman–Crippen LogP) is 5.01. The average molecular weight is 459 g/mol. The van der Waals surface area contributed by atoms with Crippen LogP contribution in [0.1, 0.15) is 22.3 Å². The number of aromatic nitrogens is 2. The van der Waals surface area contributed by atoms with Gasteiger partial charge in [0.25, 0.3) is 0 Å². The number of rotatable bonds is 10. The summed E-state index contributed by atoms with van der Waals surface area (Å²) in [5.41, 5.74) is 0.503. The number of alkyl halides is 3. The number of halogens is 3. The Morgan fingerprint density at radius 3 is 2.39 bits per heavy atom. The molecular formula is C24H24F3N3O3. The lowest BCUT2D eigenvalue weighted by molar-refractivity contribution is -0.138. The molecule has 1 aromatic heterocycles. The number of carbonyl (C=O) groups excluding carboxylic acids is 1. The van der Waals surface area contributed by atoms with Crippen LogP contribution in [-0.2, 0) is 28.5 Å². The Morgan fingerprint density at radius 1 is 1.00 bits per heavy atom. The minimum atomic E-state index is -4.44. The highest BCUT2D eigenvalue weighted by atomic mass is 19.4. The normalized spacial score (nSPS) is 11.3. The molecule has 0 spiro atoms. The van der Waals surface area contributed by atoms with E-state index in [0.29, 0.717) is 36.2 Å². The standard InChI is InChI=1S/C24H24F3N3O3/c1-16-3-4-18(13-21(16)24(25,26)27)12-19(31)11-17-5-7-20(8-6-17)33-23-14-22(29-15-30-23)28-9-10-32-2/h3-8,13-15H,9-12H2,1-2H3,(H,28,29,30). The molecule has 0 amide bonds. The first-order valence-electron chi connectivity index (χ1n) is 10.2. The van der Waals surface area contributed by atoms with Gasteiger partial charge in [0.05, 0.1) is 12.2 Å². The molecule has 0 radical (unpaired) electrons. The highest BCUT2D eigenvalue weighted by Crippen LogP contribution is 2.32. The van der Waals surface area contributed by atoms with E-state index in [1.54, 1.807) is 43.5 Å². The lowest BCUT2D eigenvalue weighted by Crippen LogP contribution is -2.11. The molecule has 2 aromatic carbocycles. The van der Waals surface area contributed by atoms with Gasteiger partial charge >= 0.3 is 6.18 Å². The van der Waals surface area contributed by atoms with Crippen molar-refractivity contribution in [2.24, 2.45) is 0 Å². The summed E-state index contributed by atoms with van der Waals surface area (Å²) in [6, 6.07) is 12.5. The van der Waals surface area contributed by atoms with Gasteiger partial charge in [0, 0.05) is 32.6 Å². The molecule has 0 aliphatic rings. The van der Waals surface area contributed by atoms with Crippen molar-refractivity contribution in [3.8, 4) is 11.6 Å². The third kappa shape index (κ3) is 7.28. The summed E-state index contributed by atoms with van der Waals surface area (Å²) in [6.45, 7) is 2.53. The topological polar surface area (TPSA) is 73.3 Å². The largest absolute Gasteiger partial charge is 0.439 e. The maximum Gasteiger partial charge on any atom is 0.416 e. The van der Waals surface area contributed by atoms with E-state index in [0.717, 1.165) is 11.6 Å². The second-order valence-corrected chi connectivity index (χ2v) is 7.45. The molecule has 1 heterocycles. The van der Waals surface area contributed by atoms with E-state index in [-0.39, 0.29) is 24.2 Å². The van der Waals surface area contributed by atoms with Crippen LogP contribution in [0.5, 0.6) is 11.6 Å². The quantitative estimate of drug-likeness (QED) is 0.430. The number of hydrogen-bond donors (Lipinski definition) is 1. The van der Waals surface area contributed by atoms with E-state index < -0.39 is 11.7 Å². The predicted molar refractivity (Wildman–Crippen MR) is 118 cm³/mol. The molecule has 1 N–H and O–H groups in total. The van der Waals surface area contributed by atoms with Gasteiger partial charge in [-0.1, -0.05) is 24.3 Å². The van der Waals surface area contributed by atoms with Gasteiger partial charge < -0.3 is 14.8 Å². The van der Waals surface area contributed by atoms with E-state index in [1.807, 2.05) is 0 Å². The summed E-state index contributed by atoms with van der Waals surface area (Å²) >= 11 is 0. The van der Waals surface area contributed by atoms with Crippen LogP contribution in [0.15, 0.2) is 54.9 Å². The molecule has 9 heteroatoms. The molecule has 3 aromatic rings. The number of hydrogen-bond acceptors (Lipinski definition) is 6. The van der Waals surface area contributed by atoms with Crippen LogP contribution < -0.4 is 10.1 Å². The number of methoxy groups -OCH3 is 1. The van der Waals surface area contributed by atoms with Gasteiger partial charge in [0.1, 0.15) is 23.7 Å². The second-order valence-electron chi connectivity index (χ2n) is 7.45. The Balaban J connectivity index is 1.58. The van der Waals surface area contributed by atoms with E-state index in [2.05, 4.69) is 15.3 Å². The number of nitrogens with one attached hydrogen (secondary N) is 1. The van der Waals surface area contributed by atoms with E-state index in [9.17, 15) is 18.0 Å². The molecule has 0 unspecified atom stereocenters. The molecule has 3 rings (SSSR count). The van der Waals surface area contributed by atoms with Gasteiger partial charge in [-0.2, -0.15) is 13.2 Å². The van der Waals surface area contributed by atoms with Gasteiger partial charge in [0.2, 0.25) is 5.88 Å². The molecule has 0 aliphatic heterocycles. The zero-order valence-corrected chi connectivity index (χ0v) is 18.3. The average Bonchev–Trinajstić information content (AvgIpc) is 2.76. The van der Waals surface area contributed by atoms with Gasteiger partial charge in [-0.25, -0.2) is 9.97 Å². The van der Waals surface area contributed by atoms with Crippen LogP contribution in [0.3, 0.4) is 0 Å². The SMILES string of the molecule is COCCNc1cc(Oc2ccc(CC(=O)Cc3ccc(C)c(C(F)(F)F)c3)cc2)ncn1. The first-order valence-corrected chi connectivity index (χ1v) is 10.2. The van der Waals surface area contributed by atoms with Crippen molar-refractivity contribution in [3.05, 3.63) is 77.1 Å². The second kappa shape index (κ2) is 10.9. The monoisotopic (exact) mass is 459 g/mol. The van der Waals surface area contributed by atoms with Crippen molar-refractivity contribution in [2.75, 3.05) is 25.6 Å². The summed E-state index contributed by atoms with van der Waals surface area (Å²) < 4.78 is 50.0. The Kier molecular flexibility index (Phi) is 8.00. The maximum absolute atomic E-state index is 13.1. The molecule has 0 atom stereocenters. The van der Waals surface area contributed by atoms with Crippen molar-refractivity contribution in [3.63, 3.8) is 0 Å². The minimum absolute atomic E-state index is 0.0681. The Hall–Kier alpha value is -3.46. The molecular weight excluding hydrogens is 435 g/mol. The molecule has 0 bridgehead atoms. The zero-order chi connectivity index (χ0) is 23.8. The number of aryl methyl sites for hydroxylation is 1. The Bertz CT molecular complexity index is 1090. The fourth-order valence-corrected chi connectivity index (χ4v) is 3.17. The number of nitrogens with zero attached hydrogens (tertiary/aromatic N) is 2. The van der Waals surface area contributed by atoms with Gasteiger partial charge in [-0.15, -0.1) is 0 Å². The van der Waals surface area contributed by atoms with Crippen LogP contribution in [-0.4, -0.2) is 36.0 Å². The first-order chi connectivity index (χ1) is 15.7. The van der Waals surface area contributed by atoms with Crippen LogP contribution in [0, 0.1) is 6.92 Å². The van der Waals surface area contributed by atoms with Gasteiger partial charge in [0.15, 0.2) is 0 Å². The first kappa shape index (κ1) is 24.2. The lowest BCUT2D eigenvalue weighted by atomic mass is 9.99. The fraction of sp³-hybridized carbons (Fsp3) is 0.292. The summed E-state index contributed by atoms with van der Waals surface area (Å²) in [5.74, 6) is 1.31. The van der Waals surface area contributed by atoms with Crippen LogP contribution in [0.2, 0.25) is 0 Å². The summed E-state index contributed by atoms with van der Waals surface area (Å²) in [4.78, 5) is 20.6. The summed E-state index contributed by atoms with van der Waals surface area (Å²) in [5, 5.41) is 3.08. The van der Waals surface area contributed by atoms with Crippen LogP contribution in [0.4, 0.5) is 19.0 Å². The molecule has 0 fully saturated rings. The highest BCUT2D eigenvalue weighted by molar-refractivity contribution is 5.83. The van der Waals surface area contributed by atoms with E-state index in [4.69, 9.17) is 9.47 Å². The maximum atomic E-state index is 13.1. The third-order valence-electron chi connectivity index (χ3n) is 4.81. The fourth-order valence-electron chi connectivity index (χ4n) is 3.17. The van der Waals surface area contributed by atoms with Crippen molar-refractivity contribution in [1.82, 2.24) is 9.97 Å². The lowest BCUT2D eigenvalue weighted by Gasteiger charge is -2.12. The Morgan fingerprint density at radius 2 is 1.70 bits per heavy atom. The number of anilines is 1. The van der Waals surface area contributed by atoms with Crippen molar-refractivity contribution >= 4 is 11.6 Å². The van der Waals surface area contributed by atoms with Gasteiger partial charge in [-0.3, -0.25) is 4.79 Å². The Labute approximate surface area is 189 Å². The summed E-state index contributed by atoms with van der Waals surface area (Å²) in [7, 11) is 1.61.